The minimum absolute atomic E-state index is 0.363. The molecule has 0 radical (unpaired) electrons. The number of nitrogens with two attached hydrogens (primary N) is 1. The Labute approximate surface area is 85.5 Å². The maximum absolute atomic E-state index is 5.42. The van der Waals surface area contributed by atoms with Gasteiger partial charge in [0.05, 0.1) is 6.20 Å². The van der Waals surface area contributed by atoms with Crippen LogP contribution in [0.1, 0.15) is 31.9 Å². The van der Waals surface area contributed by atoms with Crippen LogP contribution in [0.15, 0.2) is 12.4 Å². The molecule has 0 aliphatic carbocycles. The molecule has 1 atom stereocenters. The molecule has 0 bridgehead atoms. The van der Waals surface area contributed by atoms with Crippen molar-refractivity contribution in [3.8, 4) is 0 Å². The summed E-state index contributed by atoms with van der Waals surface area (Å²) in [5.41, 5.74) is 6.66. The highest BCUT2D eigenvalue weighted by molar-refractivity contribution is 5.08. The summed E-state index contributed by atoms with van der Waals surface area (Å²) >= 11 is 0. The van der Waals surface area contributed by atoms with Gasteiger partial charge in [0.15, 0.2) is 0 Å². The molecule has 0 aliphatic rings. The van der Waals surface area contributed by atoms with Crippen LogP contribution in [0.3, 0.4) is 0 Å². The van der Waals surface area contributed by atoms with Crippen molar-refractivity contribution in [3.05, 3.63) is 18.0 Å². The first kappa shape index (κ1) is 11.2. The van der Waals surface area contributed by atoms with Crippen molar-refractivity contribution >= 4 is 0 Å². The van der Waals surface area contributed by atoms with Gasteiger partial charge in [0.2, 0.25) is 0 Å². The van der Waals surface area contributed by atoms with E-state index in [0.717, 1.165) is 26.1 Å². The fraction of sp³-hybridized carbons (Fsp3) is 0.700. The van der Waals surface area contributed by atoms with E-state index in [-0.39, 0.29) is 0 Å². The van der Waals surface area contributed by atoms with Gasteiger partial charge in [-0.1, -0.05) is 0 Å². The quantitative estimate of drug-likeness (QED) is 0.665. The Hall–Kier alpha value is -0.870. The van der Waals surface area contributed by atoms with Crippen LogP contribution in [0, 0.1) is 0 Å². The monoisotopic (exact) mass is 196 g/mol. The highest BCUT2D eigenvalue weighted by Crippen LogP contribution is 2.10. The van der Waals surface area contributed by atoms with E-state index in [1.54, 1.807) is 0 Å². The summed E-state index contributed by atoms with van der Waals surface area (Å²) in [6, 6.07) is 0.363. The van der Waals surface area contributed by atoms with E-state index in [4.69, 9.17) is 5.73 Å². The normalized spacial score (nSPS) is 13.1. The Balaban J connectivity index is 2.39. The Morgan fingerprint density at radius 2 is 2.43 bits per heavy atom. The van der Waals surface area contributed by atoms with Gasteiger partial charge < -0.3 is 11.1 Å². The molecule has 0 amide bonds. The summed E-state index contributed by atoms with van der Waals surface area (Å²) in [5.74, 6) is 0. The smallest absolute Gasteiger partial charge is 0.0537 e. The summed E-state index contributed by atoms with van der Waals surface area (Å²) in [6.07, 6.45) is 5.02. The number of nitrogens with zero attached hydrogens (tertiary/aromatic N) is 2. The van der Waals surface area contributed by atoms with Gasteiger partial charge in [-0.3, -0.25) is 4.68 Å². The molecule has 0 saturated heterocycles. The van der Waals surface area contributed by atoms with E-state index in [2.05, 4.69) is 30.5 Å². The van der Waals surface area contributed by atoms with Crippen molar-refractivity contribution in [2.45, 2.75) is 32.9 Å². The topological polar surface area (TPSA) is 55.9 Å². The molecule has 0 spiro atoms. The maximum Gasteiger partial charge on any atom is 0.0537 e. The number of aromatic nitrogens is 2. The summed E-state index contributed by atoms with van der Waals surface area (Å²) < 4.78 is 1.94. The largest absolute Gasteiger partial charge is 0.330 e. The van der Waals surface area contributed by atoms with E-state index >= 15 is 0 Å². The van der Waals surface area contributed by atoms with Crippen molar-refractivity contribution < 1.29 is 0 Å². The van der Waals surface area contributed by atoms with E-state index in [9.17, 15) is 0 Å². The van der Waals surface area contributed by atoms with Crippen LogP contribution >= 0.6 is 0 Å². The number of rotatable bonds is 6. The third-order valence-corrected chi connectivity index (χ3v) is 2.31. The molecule has 3 N–H and O–H groups in total. The first-order valence-corrected chi connectivity index (χ1v) is 5.23. The zero-order chi connectivity index (χ0) is 10.4. The van der Waals surface area contributed by atoms with Crippen LogP contribution in [0.5, 0.6) is 0 Å². The molecule has 14 heavy (non-hydrogen) atoms. The second kappa shape index (κ2) is 5.78. The number of hydrogen-bond donors (Lipinski definition) is 2. The maximum atomic E-state index is 5.42. The zero-order valence-corrected chi connectivity index (χ0v) is 9.03. The molecule has 4 heteroatoms. The van der Waals surface area contributed by atoms with Gasteiger partial charge in [0, 0.05) is 24.3 Å². The lowest BCUT2D eigenvalue weighted by molar-refractivity contribution is 0.560. The van der Waals surface area contributed by atoms with Crippen LogP contribution in [0.25, 0.3) is 0 Å². The average molecular weight is 196 g/mol. The Kier molecular flexibility index (Phi) is 4.62. The summed E-state index contributed by atoms with van der Waals surface area (Å²) in [7, 11) is 0. The van der Waals surface area contributed by atoms with E-state index in [1.165, 1.54) is 5.56 Å². The van der Waals surface area contributed by atoms with Crippen LogP contribution < -0.4 is 11.1 Å². The van der Waals surface area contributed by atoms with Crippen LogP contribution in [-0.4, -0.2) is 22.9 Å². The summed E-state index contributed by atoms with van der Waals surface area (Å²) in [6.45, 7) is 6.87. The fourth-order valence-corrected chi connectivity index (χ4v) is 1.31. The molecule has 0 fully saturated rings. The molecular weight excluding hydrogens is 176 g/mol. The van der Waals surface area contributed by atoms with Gasteiger partial charge in [0.1, 0.15) is 0 Å². The molecule has 80 valence electrons. The fourth-order valence-electron chi connectivity index (χ4n) is 1.31. The second-order valence-corrected chi connectivity index (χ2v) is 3.45. The highest BCUT2D eigenvalue weighted by atomic mass is 15.3. The van der Waals surface area contributed by atoms with Gasteiger partial charge in [-0.15, -0.1) is 0 Å². The van der Waals surface area contributed by atoms with Gasteiger partial charge in [-0.2, -0.15) is 5.10 Å². The third-order valence-electron chi connectivity index (χ3n) is 2.31. The Morgan fingerprint density at radius 3 is 3.00 bits per heavy atom. The Morgan fingerprint density at radius 1 is 1.64 bits per heavy atom. The van der Waals surface area contributed by atoms with Crippen molar-refractivity contribution in [3.63, 3.8) is 0 Å². The number of hydrogen-bond acceptors (Lipinski definition) is 3. The van der Waals surface area contributed by atoms with Crippen molar-refractivity contribution in [2.75, 3.05) is 13.1 Å². The molecule has 1 aromatic heterocycles. The lowest BCUT2D eigenvalue weighted by Crippen LogP contribution is -2.21. The standard InChI is InChI=1S/C10H20N4/c1-3-14-8-10(7-13-14)9(2)12-6-4-5-11/h7-9,12H,3-6,11H2,1-2H3. The predicted octanol–water partition coefficient (Wildman–Crippen LogP) is 0.902. The van der Waals surface area contributed by atoms with Crippen molar-refractivity contribution in [1.29, 1.82) is 0 Å². The minimum Gasteiger partial charge on any atom is -0.330 e. The number of aryl methyl sites for hydroxylation is 1. The minimum atomic E-state index is 0.363. The average Bonchev–Trinajstić information content (AvgIpc) is 2.66. The third kappa shape index (κ3) is 3.12. The van der Waals surface area contributed by atoms with Crippen molar-refractivity contribution in [2.24, 2.45) is 5.73 Å². The van der Waals surface area contributed by atoms with Crippen LogP contribution in [0.2, 0.25) is 0 Å². The van der Waals surface area contributed by atoms with E-state index < -0.39 is 0 Å². The SMILES string of the molecule is CCn1cc(C(C)NCCCN)cn1. The Bertz CT molecular complexity index is 256. The molecule has 0 aliphatic heterocycles. The van der Waals surface area contributed by atoms with Crippen LogP contribution in [0.4, 0.5) is 0 Å². The number of nitrogens with one attached hydrogen (secondary N) is 1. The molecular formula is C10H20N4. The van der Waals surface area contributed by atoms with E-state index in [1.807, 2.05) is 10.9 Å². The first-order chi connectivity index (χ1) is 6.77. The van der Waals surface area contributed by atoms with Gasteiger partial charge in [0.25, 0.3) is 0 Å². The second-order valence-electron chi connectivity index (χ2n) is 3.45. The molecule has 1 aromatic rings. The summed E-state index contributed by atoms with van der Waals surface area (Å²) in [4.78, 5) is 0. The van der Waals surface area contributed by atoms with Gasteiger partial charge in [-0.05, 0) is 33.4 Å². The highest BCUT2D eigenvalue weighted by Gasteiger charge is 2.05. The molecule has 0 aromatic carbocycles. The predicted molar refractivity (Wildman–Crippen MR) is 58.0 cm³/mol. The molecule has 1 rings (SSSR count). The lowest BCUT2D eigenvalue weighted by Gasteiger charge is -2.10. The van der Waals surface area contributed by atoms with Gasteiger partial charge in [-0.25, -0.2) is 0 Å². The van der Waals surface area contributed by atoms with Crippen LogP contribution in [-0.2, 0) is 6.54 Å². The first-order valence-electron chi connectivity index (χ1n) is 5.23. The lowest BCUT2D eigenvalue weighted by atomic mass is 10.2. The zero-order valence-electron chi connectivity index (χ0n) is 9.03. The molecule has 0 saturated carbocycles. The molecule has 1 unspecified atom stereocenters. The van der Waals surface area contributed by atoms with E-state index in [0.29, 0.717) is 6.04 Å². The molecule has 4 nitrogen and oxygen atoms in total. The molecule has 1 heterocycles. The summed E-state index contributed by atoms with van der Waals surface area (Å²) in [5, 5.41) is 7.64. The van der Waals surface area contributed by atoms with Crippen molar-refractivity contribution in [1.82, 2.24) is 15.1 Å². The van der Waals surface area contributed by atoms with Gasteiger partial charge >= 0.3 is 0 Å².